The van der Waals surface area contributed by atoms with E-state index in [-0.39, 0.29) is 12.5 Å². The molecule has 26 heavy (non-hydrogen) atoms. The van der Waals surface area contributed by atoms with Crippen LogP contribution < -0.4 is 10.1 Å². The van der Waals surface area contributed by atoms with Gasteiger partial charge < -0.3 is 14.8 Å². The summed E-state index contributed by atoms with van der Waals surface area (Å²) < 4.78 is 9.80. The van der Waals surface area contributed by atoms with Crippen LogP contribution in [0, 0.1) is 0 Å². The second-order valence-electron chi connectivity index (χ2n) is 5.37. The highest BCUT2D eigenvalue weighted by Gasteiger charge is 2.14. The van der Waals surface area contributed by atoms with Crippen LogP contribution in [0.1, 0.15) is 9.67 Å². The van der Waals surface area contributed by atoms with Crippen LogP contribution in [0.15, 0.2) is 66.0 Å². The van der Waals surface area contributed by atoms with Crippen LogP contribution in [0.5, 0.6) is 5.75 Å². The molecule has 0 radical (unpaired) electrons. The van der Waals surface area contributed by atoms with Crippen molar-refractivity contribution >= 4 is 28.9 Å². The second-order valence-corrected chi connectivity index (χ2v) is 6.29. The molecule has 1 aromatic heterocycles. The summed E-state index contributed by atoms with van der Waals surface area (Å²) in [5.41, 5.74) is 2.56. The van der Waals surface area contributed by atoms with Crippen molar-refractivity contribution in [3.63, 3.8) is 0 Å². The number of rotatable bonds is 6. The van der Waals surface area contributed by atoms with Gasteiger partial charge in [-0.05, 0) is 41.3 Å². The van der Waals surface area contributed by atoms with Crippen LogP contribution in [0.2, 0.25) is 0 Å². The molecule has 1 N–H and O–H groups in total. The number of carbonyl (C=O) groups excluding carboxylic acids is 2. The normalized spacial score (nSPS) is 10.2. The van der Waals surface area contributed by atoms with Crippen LogP contribution in [0.3, 0.4) is 0 Å². The molecule has 1 amide bonds. The fourth-order valence-electron chi connectivity index (χ4n) is 2.35. The highest BCUT2D eigenvalue weighted by Crippen LogP contribution is 2.29. The molecule has 0 fully saturated rings. The van der Waals surface area contributed by atoms with Gasteiger partial charge in [-0.3, -0.25) is 4.79 Å². The molecular formula is C20H17NO4S. The monoisotopic (exact) mass is 367 g/mol. The van der Waals surface area contributed by atoms with Crippen molar-refractivity contribution in [2.24, 2.45) is 0 Å². The third kappa shape index (κ3) is 4.29. The molecule has 5 nitrogen and oxygen atoms in total. The number of amides is 1. The number of ether oxygens (including phenoxy) is 2. The Morgan fingerprint density at radius 1 is 1.00 bits per heavy atom. The zero-order valence-electron chi connectivity index (χ0n) is 14.1. The average molecular weight is 367 g/mol. The number of hydrogen-bond donors (Lipinski definition) is 1. The molecule has 0 unspecified atom stereocenters. The summed E-state index contributed by atoms with van der Waals surface area (Å²) in [5.74, 6) is -0.0925. The summed E-state index contributed by atoms with van der Waals surface area (Å²) in [6, 6.07) is 18.6. The largest absolute Gasteiger partial charge is 0.482 e. The summed E-state index contributed by atoms with van der Waals surface area (Å²) in [4.78, 5) is 24.3. The van der Waals surface area contributed by atoms with Crippen molar-refractivity contribution < 1.29 is 19.1 Å². The maximum Gasteiger partial charge on any atom is 0.343 e. The number of carbonyl (C=O) groups is 2. The Labute approximate surface area is 155 Å². The van der Waals surface area contributed by atoms with Crippen molar-refractivity contribution in [2.45, 2.75) is 0 Å². The first-order valence-corrected chi connectivity index (χ1v) is 8.79. The first-order chi connectivity index (χ1) is 12.7. The molecule has 0 aliphatic carbocycles. The summed E-state index contributed by atoms with van der Waals surface area (Å²) >= 11 is 1.40. The van der Waals surface area contributed by atoms with E-state index >= 15 is 0 Å². The highest BCUT2D eigenvalue weighted by molar-refractivity contribution is 7.12. The summed E-state index contributed by atoms with van der Waals surface area (Å²) in [5, 5.41) is 4.79. The minimum atomic E-state index is -0.450. The lowest BCUT2D eigenvalue weighted by Crippen LogP contribution is -2.13. The lowest BCUT2D eigenvalue weighted by Gasteiger charge is -2.08. The van der Waals surface area contributed by atoms with Gasteiger partial charge in [-0.1, -0.05) is 30.3 Å². The molecule has 0 saturated carbocycles. The zero-order valence-corrected chi connectivity index (χ0v) is 14.9. The number of methoxy groups -OCH3 is 1. The number of thiophene rings is 1. The summed E-state index contributed by atoms with van der Waals surface area (Å²) in [6.07, 6.45) is 0. The van der Waals surface area contributed by atoms with Gasteiger partial charge in [-0.15, -0.1) is 11.3 Å². The van der Waals surface area contributed by atoms with Crippen molar-refractivity contribution in [3.05, 3.63) is 70.9 Å². The number of anilines is 1. The van der Waals surface area contributed by atoms with Gasteiger partial charge in [0.25, 0.3) is 5.91 Å². The quantitative estimate of drug-likeness (QED) is 0.663. The first-order valence-electron chi connectivity index (χ1n) is 7.91. The number of hydrogen-bond acceptors (Lipinski definition) is 5. The van der Waals surface area contributed by atoms with E-state index in [1.165, 1.54) is 18.4 Å². The van der Waals surface area contributed by atoms with E-state index in [2.05, 4.69) is 10.1 Å². The van der Waals surface area contributed by atoms with Crippen LogP contribution in [-0.4, -0.2) is 25.6 Å². The van der Waals surface area contributed by atoms with Crippen molar-refractivity contribution in [1.82, 2.24) is 0 Å². The summed E-state index contributed by atoms with van der Waals surface area (Å²) in [6.45, 7) is -0.155. The van der Waals surface area contributed by atoms with Gasteiger partial charge in [-0.2, -0.15) is 0 Å². The molecule has 0 aliphatic heterocycles. The predicted octanol–water partition coefficient (Wildman–Crippen LogP) is 4.22. The third-order valence-electron chi connectivity index (χ3n) is 3.65. The fraction of sp³-hybridized carbons (Fsp3) is 0.100. The molecule has 1 heterocycles. The van der Waals surface area contributed by atoms with Gasteiger partial charge in [0.05, 0.1) is 12.0 Å². The third-order valence-corrected chi connectivity index (χ3v) is 4.57. The van der Waals surface area contributed by atoms with Crippen LogP contribution in [0.25, 0.3) is 11.1 Å². The minimum absolute atomic E-state index is 0.155. The van der Waals surface area contributed by atoms with Gasteiger partial charge in [-0.25, -0.2) is 4.79 Å². The van der Waals surface area contributed by atoms with E-state index in [1.54, 1.807) is 24.3 Å². The Kier molecular flexibility index (Phi) is 5.66. The smallest absolute Gasteiger partial charge is 0.343 e. The van der Waals surface area contributed by atoms with Crippen molar-refractivity contribution in [2.75, 3.05) is 19.0 Å². The maximum absolute atomic E-state index is 12.6. The molecule has 132 valence electrons. The van der Waals surface area contributed by atoms with E-state index in [0.29, 0.717) is 16.3 Å². The van der Waals surface area contributed by atoms with E-state index in [1.807, 2.05) is 41.8 Å². The Balaban J connectivity index is 1.68. The van der Waals surface area contributed by atoms with Gasteiger partial charge in [0.2, 0.25) is 0 Å². The average Bonchev–Trinajstić information content (AvgIpc) is 3.18. The minimum Gasteiger partial charge on any atom is -0.482 e. The van der Waals surface area contributed by atoms with Gasteiger partial charge in [0, 0.05) is 11.3 Å². The molecule has 0 atom stereocenters. The molecular weight excluding hydrogens is 350 g/mol. The Hall–Kier alpha value is -3.12. The van der Waals surface area contributed by atoms with Crippen LogP contribution >= 0.6 is 11.3 Å². The highest BCUT2D eigenvalue weighted by atomic mass is 32.1. The standard InChI is InChI=1S/C20H17NO4S/c1-24-18(22)13-25-16-9-7-15(8-10-16)21-20(23)19-17(11-12-26-19)14-5-3-2-4-6-14/h2-12H,13H2,1H3,(H,21,23). The van der Waals surface area contributed by atoms with Gasteiger partial charge >= 0.3 is 5.97 Å². The van der Waals surface area contributed by atoms with E-state index < -0.39 is 5.97 Å². The topological polar surface area (TPSA) is 64.6 Å². The number of esters is 1. The second kappa shape index (κ2) is 8.31. The molecule has 0 bridgehead atoms. The lowest BCUT2D eigenvalue weighted by molar-refractivity contribution is -0.142. The molecule has 2 aromatic carbocycles. The van der Waals surface area contributed by atoms with Gasteiger partial charge in [0.1, 0.15) is 5.75 Å². The van der Waals surface area contributed by atoms with E-state index in [9.17, 15) is 9.59 Å². The Morgan fingerprint density at radius 2 is 1.73 bits per heavy atom. The molecule has 0 saturated heterocycles. The molecule has 3 rings (SSSR count). The van der Waals surface area contributed by atoms with Crippen LogP contribution in [0.4, 0.5) is 5.69 Å². The first kappa shape index (κ1) is 17.7. The van der Waals surface area contributed by atoms with Crippen LogP contribution in [-0.2, 0) is 9.53 Å². The molecule has 0 spiro atoms. The van der Waals surface area contributed by atoms with E-state index in [4.69, 9.17) is 4.74 Å². The van der Waals surface area contributed by atoms with Gasteiger partial charge in [0.15, 0.2) is 6.61 Å². The SMILES string of the molecule is COC(=O)COc1ccc(NC(=O)c2sccc2-c2ccccc2)cc1. The maximum atomic E-state index is 12.6. The summed E-state index contributed by atoms with van der Waals surface area (Å²) in [7, 11) is 1.30. The Morgan fingerprint density at radius 3 is 2.42 bits per heavy atom. The lowest BCUT2D eigenvalue weighted by atomic mass is 10.1. The van der Waals surface area contributed by atoms with Crippen molar-refractivity contribution in [1.29, 1.82) is 0 Å². The molecule has 0 aliphatic rings. The molecule has 3 aromatic rings. The number of nitrogens with one attached hydrogen (secondary N) is 1. The Bertz CT molecular complexity index is 888. The molecule has 6 heteroatoms. The predicted molar refractivity (Wildman–Crippen MR) is 102 cm³/mol. The van der Waals surface area contributed by atoms with E-state index in [0.717, 1.165) is 11.1 Å². The van der Waals surface area contributed by atoms with Crippen molar-refractivity contribution in [3.8, 4) is 16.9 Å². The fourth-order valence-corrected chi connectivity index (χ4v) is 3.16. The number of benzene rings is 2. The zero-order chi connectivity index (χ0) is 18.4.